The molecule has 0 aromatic carbocycles. The summed E-state index contributed by atoms with van der Waals surface area (Å²) in [6.45, 7) is 0.334. The van der Waals surface area contributed by atoms with Crippen LogP contribution in [0.4, 0.5) is 0 Å². The van der Waals surface area contributed by atoms with Gasteiger partial charge in [-0.3, -0.25) is 0 Å². The van der Waals surface area contributed by atoms with E-state index in [9.17, 15) is 0 Å². The maximum Gasteiger partial charge on any atom is 0.249 e. The van der Waals surface area contributed by atoms with Gasteiger partial charge in [-0.15, -0.1) is 10.2 Å². The molecule has 0 aliphatic heterocycles. The average Bonchev–Trinajstić information content (AvgIpc) is 3.02. The van der Waals surface area contributed by atoms with E-state index in [0.29, 0.717) is 29.0 Å². The summed E-state index contributed by atoms with van der Waals surface area (Å²) in [6, 6.07) is 3.43. The van der Waals surface area contributed by atoms with Gasteiger partial charge in [-0.05, 0) is 12.1 Å². The van der Waals surface area contributed by atoms with E-state index in [1.54, 1.807) is 30.7 Å². The van der Waals surface area contributed by atoms with Crippen molar-refractivity contribution in [3.63, 3.8) is 0 Å². The first kappa shape index (κ1) is 10.8. The first-order chi connectivity index (χ1) is 8.81. The van der Waals surface area contributed by atoms with Crippen LogP contribution >= 0.6 is 11.6 Å². The quantitative estimate of drug-likeness (QED) is 0.664. The Hall–Kier alpha value is -2.28. The maximum absolute atomic E-state index is 5.70. The highest BCUT2D eigenvalue weighted by Crippen LogP contribution is 2.18. The Morgan fingerprint density at radius 3 is 2.72 bits per heavy atom. The predicted molar refractivity (Wildman–Crippen MR) is 61.7 cm³/mol. The van der Waals surface area contributed by atoms with Crippen molar-refractivity contribution in [1.29, 1.82) is 0 Å². The van der Waals surface area contributed by atoms with Crippen molar-refractivity contribution in [3.05, 3.63) is 41.8 Å². The lowest BCUT2D eigenvalue weighted by Crippen LogP contribution is -2.03. The Labute approximate surface area is 106 Å². The first-order valence-electron chi connectivity index (χ1n) is 5.10. The van der Waals surface area contributed by atoms with E-state index in [1.165, 1.54) is 4.80 Å². The standard InChI is InChI=1S/C10H7ClN6O/c11-8-2-1-7(5-12-8)10-16-15-9(18-10)6-17-13-3-4-14-17/h1-5H,6H2. The lowest BCUT2D eigenvalue weighted by atomic mass is 10.3. The van der Waals surface area contributed by atoms with Crippen molar-refractivity contribution in [2.24, 2.45) is 0 Å². The summed E-state index contributed by atoms with van der Waals surface area (Å²) in [5.41, 5.74) is 0.714. The molecule has 0 fully saturated rings. The van der Waals surface area contributed by atoms with Crippen molar-refractivity contribution >= 4 is 11.6 Å². The summed E-state index contributed by atoms with van der Waals surface area (Å²) < 4.78 is 5.48. The van der Waals surface area contributed by atoms with Gasteiger partial charge in [0.25, 0.3) is 0 Å². The molecule has 3 aromatic heterocycles. The SMILES string of the molecule is Clc1ccc(-c2nnc(Cn3nccn3)o2)cn1. The van der Waals surface area contributed by atoms with Crippen molar-refractivity contribution < 1.29 is 4.42 Å². The van der Waals surface area contributed by atoms with E-state index in [0.717, 1.165) is 0 Å². The lowest BCUT2D eigenvalue weighted by Gasteiger charge is -1.94. The summed E-state index contributed by atoms with van der Waals surface area (Å²) in [5.74, 6) is 0.817. The van der Waals surface area contributed by atoms with Crippen LogP contribution in [0.25, 0.3) is 11.5 Å². The normalized spacial score (nSPS) is 10.7. The van der Waals surface area contributed by atoms with Gasteiger partial charge >= 0.3 is 0 Å². The highest BCUT2D eigenvalue weighted by Gasteiger charge is 2.09. The van der Waals surface area contributed by atoms with Crippen LogP contribution < -0.4 is 0 Å². The van der Waals surface area contributed by atoms with Crippen LogP contribution in [0.5, 0.6) is 0 Å². The molecule has 0 radical (unpaired) electrons. The molecule has 18 heavy (non-hydrogen) atoms. The number of halogens is 1. The van der Waals surface area contributed by atoms with Gasteiger partial charge in [0.15, 0.2) is 0 Å². The Morgan fingerprint density at radius 1 is 1.17 bits per heavy atom. The van der Waals surface area contributed by atoms with Gasteiger partial charge in [0.05, 0.1) is 18.0 Å². The molecule has 0 N–H and O–H groups in total. The number of rotatable bonds is 3. The topological polar surface area (TPSA) is 82.5 Å². The highest BCUT2D eigenvalue weighted by molar-refractivity contribution is 6.29. The Bertz CT molecular complexity index is 633. The number of nitrogens with zero attached hydrogens (tertiary/aromatic N) is 6. The van der Waals surface area contributed by atoms with Crippen LogP contribution in [0.1, 0.15) is 5.89 Å². The van der Waals surface area contributed by atoms with Gasteiger partial charge in [0.2, 0.25) is 11.8 Å². The third-order valence-electron chi connectivity index (χ3n) is 2.18. The summed E-state index contributed by atoms with van der Waals surface area (Å²) in [7, 11) is 0. The van der Waals surface area contributed by atoms with Gasteiger partial charge in [-0.1, -0.05) is 11.6 Å². The molecule has 0 atom stereocenters. The van der Waals surface area contributed by atoms with Gasteiger partial charge in [-0.2, -0.15) is 15.0 Å². The van der Waals surface area contributed by atoms with Crippen LogP contribution in [0.2, 0.25) is 5.15 Å². The van der Waals surface area contributed by atoms with Gasteiger partial charge in [0, 0.05) is 6.20 Å². The second kappa shape index (κ2) is 4.53. The minimum atomic E-state index is 0.334. The minimum absolute atomic E-state index is 0.334. The zero-order chi connectivity index (χ0) is 12.4. The third-order valence-corrected chi connectivity index (χ3v) is 2.41. The largest absolute Gasteiger partial charge is 0.419 e. The Kier molecular flexibility index (Phi) is 2.73. The van der Waals surface area contributed by atoms with E-state index in [4.69, 9.17) is 16.0 Å². The molecule has 3 heterocycles. The van der Waals surface area contributed by atoms with E-state index in [-0.39, 0.29) is 0 Å². The van der Waals surface area contributed by atoms with Crippen molar-refractivity contribution in [2.45, 2.75) is 6.54 Å². The molecular weight excluding hydrogens is 256 g/mol. The second-order valence-corrected chi connectivity index (χ2v) is 3.82. The monoisotopic (exact) mass is 262 g/mol. The first-order valence-corrected chi connectivity index (χ1v) is 5.47. The zero-order valence-electron chi connectivity index (χ0n) is 9.06. The third kappa shape index (κ3) is 2.21. The fourth-order valence-electron chi connectivity index (χ4n) is 1.38. The zero-order valence-corrected chi connectivity index (χ0v) is 9.82. The second-order valence-electron chi connectivity index (χ2n) is 3.43. The van der Waals surface area contributed by atoms with E-state index in [2.05, 4.69) is 25.4 Å². The Balaban J connectivity index is 1.83. The molecule has 0 unspecified atom stereocenters. The summed E-state index contributed by atoms with van der Waals surface area (Å²) in [6.07, 6.45) is 4.74. The average molecular weight is 263 g/mol. The molecule has 0 saturated carbocycles. The van der Waals surface area contributed by atoms with E-state index >= 15 is 0 Å². The molecular formula is C10H7ClN6O. The lowest BCUT2D eigenvalue weighted by molar-refractivity contribution is 0.451. The number of aromatic nitrogens is 6. The molecule has 0 aliphatic rings. The van der Waals surface area contributed by atoms with Crippen LogP contribution in [-0.2, 0) is 6.54 Å². The molecule has 90 valence electrons. The predicted octanol–water partition coefficient (Wildman–Crippen LogP) is 1.42. The van der Waals surface area contributed by atoms with Crippen LogP contribution in [0.3, 0.4) is 0 Å². The molecule has 7 nitrogen and oxygen atoms in total. The fourth-order valence-corrected chi connectivity index (χ4v) is 1.49. The molecule has 0 aliphatic carbocycles. The number of hydrogen-bond donors (Lipinski definition) is 0. The molecule has 0 spiro atoms. The van der Waals surface area contributed by atoms with Crippen molar-refractivity contribution in [3.8, 4) is 11.5 Å². The van der Waals surface area contributed by atoms with Gasteiger partial charge in [-0.25, -0.2) is 4.98 Å². The summed E-state index contributed by atoms with van der Waals surface area (Å²) >= 11 is 5.70. The maximum atomic E-state index is 5.70. The summed E-state index contributed by atoms with van der Waals surface area (Å²) in [5, 5.41) is 16.2. The molecule has 0 bridgehead atoms. The molecule has 0 amide bonds. The molecule has 3 aromatic rings. The van der Waals surface area contributed by atoms with Crippen molar-refractivity contribution in [2.75, 3.05) is 0 Å². The van der Waals surface area contributed by atoms with Crippen LogP contribution in [0, 0.1) is 0 Å². The van der Waals surface area contributed by atoms with Crippen LogP contribution in [0.15, 0.2) is 35.1 Å². The van der Waals surface area contributed by atoms with Gasteiger partial charge in [0.1, 0.15) is 11.7 Å². The summed E-state index contributed by atoms with van der Waals surface area (Å²) in [4.78, 5) is 5.40. The van der Waals surface area contributed by atoms with E-state index in [1.807, 2.05) is 0 Å². The minimum Gasteiger partial charge on any atom is -0.419 e. The number of pyridine rings is 1. The van der Waals surface area contributed by atoms with Gasteiger partial charge < -0.3 is 4.42 Å². The van der Waals surface area contributed by atoms with Crippen molar-refractivity contribution in [1.82, 2.24) is 30.2 Å². The smallest absolute Gasteiger partial charge is 0.249 e. The molecule has 0 saturated heterocycles. The molecule has 8 heteroatoms. The highest BCUT2D eigenvalue weighted by atomic mass is 35.5. The van der Waals surface area contributed by atoms with Crippen LogP contribution in [-0.4, -0.2) is 30.2 Å². The van der Waals surface area contributed by atoms with E-state index < -0.39 is 0 Å². The number of hydrogen-bond acceptors (Lipinski definition) is 6. The fraction of sp³-hybridized carbons (Fsp3) is 0.100. The molecule has 3 rings (SSSR count). The Morgan fingerprint density at radius 2 is 2.00 bits per heavy atom.